The van der Waals surface area contributed by atoms with Gasteiger partial charge in [0.2, 0.25) is 0 Å². The molecule has 0 spiro atoms. The molecule has 0 radical (unpaired) electrons. The normalized spacial score (nSPS) is 10.3. The lowest BCUT2D eigenvalue weighted by atomic mass is 10.2. The molecule has 1 heterocycles. The Labute approximate surface area is 106 Å². The largest absolute Gasteiger partial charge is 0.465 e. The molecular weight excluding hydrogens is 265 g/mol. The van der Waals surface area contributed by atoms with Gasteiger partial charge in [0.1, 0.15) is 15.7 Å². The average Bonchev–Trinajstić information content (AvgIpc) is 2.77. The maximum atomic E-state index is 13.6. The summed E-state index contributed by atoms with van der Waals surface area (Å²) >= 11 is 6.72. The fourth-order valence-corrected chi connectivity index (χ4v) is 2.28. The minimum Gasteiger partial charge on any atom is -0.465 e. The van der Waals surface area contributed by atoms with Crippen molar-refractivity contribution in [3.63, 3.8) is 0 Å². The van der Waals surface area contributed by atoms with E-state index in [1.807, 2.05) is 0 Å². The summed E-state index contributed by atoms with van der Waals surface area (Å²) in [7, 11) is 1.28. The highest BCUT2D eigenvalue weighted by molar-refractivity contribution is 7.16. The van der Waals surface area contributed by atoms with Gasteiger partial charge in [-0.1, -0.05) is 11.6 Å². The second-order valence-electron chi connectivity index (χ2n) is 3.15. The number of rotatable bonds is 2. The van der Waals surface area contributed by atoms with E-state index in [9.17, 15) is 9.18 Å². The van der Waals surface area contributed by atoms with Gasteiger partial charge in [0, 0.05) is 10.6 Å². The van der Waals surface area contributed by atoms with Crippen LogP contribution in [0.3, 0.4) is 0 Å². The van der Waals surface area contributed by atoms with E-state index in [-0.39, 0.29) is 0 Å². The number of halogens is 2. The van der Waals surface area contributed by atoms with Crippen molar-refractivity contribution in [2.45, 2.75) is 0 Å². The Balaban J connectivity index is 2.40. The predicted molar refractivity (Wildman–Crippen MR) is 63.9 cm³/mol. The number of methoxy groups -OCH3 is 1. The van der Waals surface area contributed by atoms with Gasteiger partial charge >= 0.3 is 5.97 Å². The maximum absolute atomic E-state index is 13.6. The van der Waals surface area contributed by atoms with Gasteiger partial charge in [-0.25, -0.2) is 14.2 Å². The Kier molecular flexibility index (Phi) is 3.40. The SMILES string of the molecule is COC(=O)c1cnc(-c2ccc(Cl)cc2F)s1. The van der Waals surface area contributed by atoms with Crippen LogP contribution in [0.25, 0.3) is 10.6 Å². The summed E-state index contributed by atoms with van der Waals surface area (Å²) in [5.74, 6) is -0.952. The number of carbonyl (C=O) groups excluding carboxylic acids is 1. The summed E-state index contributed by atoms with van der Waals surface area (Å²) in [6, 6.07) is 4.30. The first-order valence-electron chi connectivity index (χ1n) is 4.61. The number of benzene rings is 1. The summed E-state index contributed by atoms with van der Waals surface area (Å²) < 4.78 is 18.1. The minimum absolute atomic E-state index is 0.314. The van der Waals surface area contributed by atoms with Gasteiger partial charge < -0.3 is 4.74 Å². The van der Waals surface area contributed by atoms with E-state index in [1.165, 1.54) is 25.4 Å². The molecule has 0 amide bonds. The van der Waals surface area contributed by atoms with E-state index in [0.717, 1.165) is 11.3 Å². The van der Waals surface area contributed by atoms with Crippen LogP contribution < -0.4 is 0 Å². The minimum atomic E-state index is -0.483. The summed E-state index contributed by atoms with van der Waals surface area (Å²) in [5, 5.41) is 0.732. The van der Waals surface area contributed by atoms with E-state index in [1.54, 1.807) is 6.07 Å². The third-order valence-corrected chi connectivity index (χ3v) is 3.30. The molecule has 6 heteroatoms. The van der Waals surface area contributed by atoms with Crippen molar-refractivity contribution in [3.05, 3.63) is 40.1 Å². The number of hydrogen-bond donors (Lipinski definition) is 0. The molecule has 0 unspecified atom stereocenters. The molecule has 0 saturated heterocycles. The summed E-state index contributed by atoms with van der Waals surface area (Å²) in [4.78, 5) is 15.5. The molecule has 3 nitrogen and oxygen atoms in total. The van der Waals surface area contributed by atoms with Crippen LogP contribution in [0.15, 0.2) is 24.4 Å². The first kappa shape index (κ1) is 12.0. The molecule has 17 heavy (non-hydrogen) atoms. The second kappa shape index (κ2) is 4.81. The van der Waals surface area contributed by atoms with Crippen molar-refractivity contribution < 1.29 is 13.9 Å². The van der Waals surface area contributed by atoms with Crippen LogP contribution in [-0.4, -0.2) is 18.1 Å². The summed E-state index contributed by atoms with van der Waals surface area (Å²) in [6.45, 7) is 0. The number of aromatic nitrogens is 1. The molecule has 0 aliphatic heterocycles. The van der Waals surface area contributed by atoms with Crippen LogP contribution in [0.1, 0.15) is 9.67 Å². The van der Waals surface area contributed by atoms with Gasteiger partial charge in [-0.05, 0) is 18.2 Å². The summed E-state index contributed by atoms with van der Waals surface area (Å²) in [5.41, 5.74) is 0.314. The molecule has 0 bridgehead atoms. The number of hydrogen-bond acceptors (Lipinski definition) is 4. The quantitative estimate of drug-likeness (QED) is 0.786. The van der Waals surface area contributed by atoms with E-state index in [0.29, 0.717) is 20.5 Å². The van der Waals surface area contributed by atoms with Crippen LogP contribution in [0.2, 0.25) is 5.02 Å². The number of thiazole rings is 1. The van der Waals surface area contributed by atoms with E-state index < -0.39 is 11.8 Å². The van der Waals surface area contributed by atoms with Gasteiger partial charge in [0.25, 0.3) is 0 Å². The third kappa shape index (κ3) is 2.45. The Hall–Kier alpha value is -1.46. The molecule has 0 aliphatic rings. The van der Waals surface area contributed by atoms with E-state index in [2.05, 4.69) is 9.72 Å². The van der Waals surface area contributed by atoms with E-state index >= 15 is 0 Å². The van der Waals surface area contributed by atoms with Crippen LogP contribution in [0.5, 0.6) is 0 Å². The van der Waals surface area contributed by atoms with Gasteiger partial charge in [0.15, 0.2) is 0 Å². The lowest BCUT2D eigenvalue weighted by Crippen LogP contribution is -1.96. The van der Waals surface area contributed by atoms with Crippen molar-refractivity contribution >= 4 is 28.9 Å². The lowest BCUT2D eigenvalue weighted by Gasteiger charge is -1.98. The standard InChI is InChI=1S/C11H7ClFNO2S/c1-16-11(15)9-5-14-10(17-9)7-3-2-6(12)4-8(7)13/h2-5H,1H3. The fraction of sp³-hybridized carbons (Fsp3) is 0.0909. The molecule has 0 fully saturated rings. The maximum Gasteiger partial charge on any atom is 0.349 e. The highest BCUT2D eigenvalue weighted by Gasteiger charge is 2.14. The number of carbonyl (C=O) groups is 1. The predicted octanol–water partition coefficient (Wildman–Crippen LogP) is 3.39. The van der Waals surface area contributed by atoms with Crippen molar-refractivity contribution in [1.29, 1.82) is 0 Å². The molecule has 88 valence electrons. The Morgan fingerprint density at radius 3 is 2.94 bits per heavy atom. The highest BCUT2D eigenvalue weighted by Crippen LogP contribution is 2.29. The number of ether oxygens (including phenoxy) is 1. The van der Waals surface area contributed by atoms with Crippen molar-refractivity contribution in [1.82, 2.24) is 4.98 Å². The topological polar surface area (TPSA) is 39.2 Å². The first-order chi connectivity index (χ1) is 8.11. The number of esters is 1. The average molecular weight is 272 g/mol. The highest BCUT2D eigenvalue weighted by atomic mass is 35.5. The molecule has 0 aliphatic carbocycles. The fourth-order valence-electron chi connectivity index (χ4n) is 1.26. The zero-order valence-corrected chi connectivity index (χ0v) is 10.3. The summed E-state index contributed by atoms with van der Waals surface area (Å²) in [6.07, 6.45) is 1.36. The zero-order chi connectivity index (χ0) is 12.4. The smallest absolute Gasteiger partial charge is 0.349 e. The van der Waals surface area contributed by atoms with Gasteiger partial charge in [-0.2, -0.15) is 0 Å². The van der Waals surface area contributed by atoms with Gasteiger partial charge in [-0.15, -0.1) is 11.3 Å². The molecule has 2 aromatic rings. The van der Waals surface area contributed by atoms with E-state index in [4.69, 9.17) is 11.6 Å². The van der Waals surface area contributed by atoms with Gasteiger partial charge in [0.05, 0.1) is 13.3 Å². The lowest BCUT2D eigenvalue weighted by molar-refractivity contribution is 0.0606. The first-order valence-corrected chi connectivity index (χ1v) is 5.81. The van der Waals surface area contributed by atoms with Gasteiger partial charge in [-0.3, -0.25) is 0 Å². The zero-order valence-electron chi connectivity index (χ0n) is 8.74. The second-order valence-corrected chi connectivity index (χ2v) is 4.61. The Morgan fingerprint density at radius 2 is 2.29 bits per heavy atom. The Bertz CT molecular complexity index is 570. The molecule has 1 aromatic carbocycles. The van der Waals surface area contributed by atoms with Crippen molar-refractivity contribution in [2.75, 3.05) is 7.11 Å². The molecule has 2 rings (SSSR count). The monoisotopic (exact) mass is 271 g/mol. The molecule has 0 atom stereocenters. The van der Waals surface area contributed by atoms with Crippen LogP contribution in [0, 0.1) is 5.82 Å². The van der Waals surface area contributed by atoms with Crippen molar-refractivity contribution in [3.8, 4) is 10.6 Å². The van der Waals surface area contributed by atoms with Crippen LogP contribution in [-0.2, 0) is 4.74 Å². The van der Waals surface area contributed by atoms with Crippen molar-refractivity contribution in [2.24, 2.45) is 0 Å². The molecule has 0 saturated carbocycles. The number of nitrogens with zero attached hydrogens (tertiary/aromatic N) is 1. The Morgan fingerprint density at radius 1 is 1.53 bits per heavy atom. The third-order valence-electron chi connectivity index (χ3n) is 2.05. The molecule has 0 N–H and O–H groups in total. The molecule has 1 aromatic heterocycles. The molecular formula is C11H7ClFNO2S. The van der Waals surface area contributed by atoms with Crippen LogP contribution in [0.4, 0.5) is 4.39 Å². The van der Waals surface area contributed by atoms with Crippen LogP contribution >= 0.6 is 22.9 Å².